The molecule has 1 N–H and O–H groups in total. The van der Waals surface area contributed by atoms with E-state index in [-0.39, 0.29) is 16.9 Å². The van der Waals surface area contributed by atoms with Gasteiger partial charge in [-0.05, 0) is 34.9 Å². The maximum absolute atomic E-state index is 12.6. The number of rotatable bonds is 8. The molecule has 150 valence electrons. The molecule has 0 aromatic heterocycles. The summed E-state index contributed by atoms with van der Waals surface area (Å²) in [6.07, 6.45) is 0.326. The number of esters is 1. The standard InChI is InChI=1S/C21H25NO5S/c1-13(15-5-6-17-12-18(26-3)8-7-16(17)11-15)21(25)28-10-9-19(20(24)27-4)22-14(2)23/h5-8,11-13,19H,9-10H2,1-4H3,(H,22,23). The van der Waals surface area contributed by atoms with Crippen molar-refractivity contribution in [3.63, 3.8) is 0 Å². The van der Waals surface area contributed by atoms with Crippen LogP contribution in [0.3, 0.4) is 0 Å². The van der Waals surface area contributed by atoms with Gasteiger partial charge in [-0.15, -0.1) is 0 Å². The lowest BCUT2D eigenvalue weighted by Gasteiger charge is -2.16. The highest BCUT2D eigenvalue weighted by Gasteiger charge is 2.22. The quantitative estimate of drug-likeness (QED) is 0.681. The fraction of sp³-hybridized carbons (Fsp3) is 0.381. The summed E-state index contributed by atoms with van der Waals surface area (Å²) in [6, 6.07) is 11.0. The summed E-state index contributed by atoms with van der Waals surface area (Å²) in [5.41, 5.74) is 0.932. The van der Waals surface area contributed by atoms with E-state index in [4.69, 9.17) is 4.74 Å². The number of carbonyl (C=O) groups excluding carboxylic acids is 3. The second-order valence-corrected chi connectivity index (χ2v) is 7.53. The lowest BCUT2D eigenvalue weighted by atomic mass is 9.99. The van der Waals surface area contributed by atoms with Crippen molar-refractivity contribution < 1.29 is 23.9 Å². The third kappa shape index (κ3) is 5.73. The van der Waals surface area contributed by atoms with Crippen LogP contribution in [0.1, 0.15) is 31.7 Å². The van der Waals surface area contributed by atoms with Gasteiger partial charge in [0, 0.05) is 12.7 Å². The Balaban J connectivity index is 1.99. The van der Waals surface area contributed by atoms with E-state index >= 15 is 0 Å². The molecule has 1 amide bonds. The molecule has 2 unspecified atom stereocenters. The summed E-state index contributed by atoms with van der Waals surface area (Å²) in [5.74, 6) is 0.0934. The Morgan fingerprint density at radius 1 is 1.07 bits per heavy atom. The number of nitrogens with one attached hydrogen (secondary N) is 1. The first-order chi connectivity index (χ1) is 13.3. The monoisotopic (exact) mass is 403 g/mol. The first kappa shape index (κ1) is 21.8. The molecule has 0 radical (unpaired) electrons. The number of hydrogen-bond acceptors (Lipinski definition) is 6. The molecule has 6 nitrogen and oxygen atoms in total. The number of methoxy groups -OCH3 is 2. The van der Waals surface area contributed by atoms with Crippen molar-refractivity contribution in [2.24, 2.45) is 0 Å². The summed E-state index contributed by atoms with van der Waals surface area (Å²) in [6.45, 7) is 3.21. The van der Waals surface area contributed by atoms with Crippen molar-refractivity contribution in [3.8, 4) is 5.75 Å². The van der Waals surface area contributed by atoms with Gasteiger partial charge in [-0.25, -0.2) is 4.79 Å². The van der Waals surface area contributed by atoms with Gasteiger partial charge in [-0.1, -0.05) is 43.0 Å². The Kier molecular flexibility index (Phi) is 7.87. The smallest absolute Gasteiger partial charge is 0.328 e. The van der Waals surface area contributed by atoms with Crippen LogP contribution in [0, 0.1) is 0 Å². The molecule has 2 aromatic rings. The Bertz CT molecular complexity index is 867. The zero-order chi connectivity index (χ0) is 20.7. The minimum absolute atomic E-state index is 0.0132. The van der Waals surface area contributed by atoms with E-state index in [1.807, 2.05) is 43.3 Å². The second-order valence-electron chi connectivity index (χ2n) is 6.43. The van der Waals surface area contributed by atoms with Crippen LogP contribution < -0.4 is 10.1 Å². The molecule has 0 fully saturated rings. The molecule has 0 saturated heterocycles. The van der Waals surface area contributed by atoms with Gasteiger partial charge in [0.15, 0.2) is 5.12 Å². The second kappa shape index (κ2) is 10.1. The van der Waals surface area contributed by atoms with Gasteiger partial charge in [-0.2, -0.15) is 0 Å². The molecule has 0 heterocycles. The van der Waals surface area contributed by atoms with Crippen LogP contribution >= 0.6 is 11.8 Å². The van der Waals surface area contributed by atoms with Crippen LogP contribution in [0.25, 0.3) is 10.8 Å². The summed E-state index contributed by atoms with van der Waals surface area (Å²) in [7, 11) is 2.90. The highest BCUT2D eigenvalue weighted by Crippen LogP contribution is 2.28. The van der Waals surface area contributed by atoms with E-state index < -0.39 is 12.0 Å². The van der Waals surface area contributed by atoms with Gasteiger partial charge in [0.05, 0.1) is 20.1 Å². The number of carbonyl (C=O) groups is 3. The number of thioether (sulfide) groups is 1. The molecule has 0 aliphatic rings. The fourth-order valence-corrected chi connectivity index (χ4v) is 3.75. The van der Waals surface area contributed by atoms with Crippen LogP contribution in [-0.2, 0) is 19.1 Å². The maximum Gasteiger partial charge on any atom is 0.328 e. The normalized spacial score (nSPS) is 12.9. The van der Waals surface area contributed by atoms with Crippen molar-refractivity contribution >= 4 is 39.5 Å². The Hall–Kier alpha value is -2.54. The Morgan fingerprint density at radius 2 is 1.75 bits per heavy atom. The number of hydrogen-bond donors (Lipinski definition) is 1. The SMILES string of the molecule is COC(=O)C(CCSC(=O)C(C)c1ccc2cc(OC)ccc2c1)NC(C)=O. The first-order valence-corrected chi connectivity index (χ1v) is 9.93. The third-order valence-corrected chi connectivity index (χ3v) is 5.52. The fourth-order valence-electron chi connectivity index (χ4n) is 2.81. The van der Waals surface area contributed by atoms with Crippen LogP contribution in [0.5, 0.6) is 5.75 Å². The average Bonchev–Trinajstić information content (AvgIpc) is 2.70. The predicted molar refractivity (Wildman–Crippen MR) is 111 cm³/mol. The van der Waals surface area contributed by atoms with Crippen molar-refractivity contribution in [3.05, 3.63) is 42.0 Å². The van der Waals surface area contributed by atoms with Crippen LogP contribution in [0.4, 0.5) is 0 Å². The highest BCUT2D eigenvalue weighted by atomic mass is 32.2. The molecule has 7 heteroatoms. The molecule has 28 heavy (non-hydrogen) atoms. The number of ether oxygens (including phenoxy) is 2. The lowest BCUT2D eigenvalue weighted by molar-refractivity contribution is -0.144. The summed E-state index contributed by atoms with van der Waals surface area (Å²) in [5, 5.41) is 4.65. The van der Waals surface area contributed by atoms with Gasteiger partial charge in [0.25, 0.3) is 0 Å². The zero-order valence-electron chi connectivity index (χ0n) is 16.5. The average molecular weight is 404 g/mol. The van der Waals surface area contributed by atoms with E-state index in [9.17, 15) is 14.4 Å². The van der Waals surface area contributed by atoms with Gasteiger partial charge in [-0.3, -0.25) is 9.59 Å². The molecule has 0 saturated carbocycles. The number of amides is 1. The van der Waals surface area contributed by atoms with Crippen LogP contribution in [-0.4, -0.2) is 43.0 Å². The van der Waals surface area contributed by atoms with Gasteiger partial charge >= 0.3 is 5.97 Å². The van der Waals surface area contributed by atoms with Crippen LogP contribution in [0.2, 0.25) is 0 Å². The number of benzene rings is 2. The van der Waals surface area contributed by atoms with Gasteiger partial charge in [0.2, 0.25) is 5.91 Å². The van der Waals surface area contributed by atoms with E-state index in [1.54, 1.807) is 7.11 Å². The first-order valence-electron chi connectivity index (χ1n) is 8.95. The molecule has 2 rings (SSSR count). The zero-order valence-corrected chi connectivity index (χ0v) is 17.3. The maximum atomic E-state index is 12.6. The molecule has 0 aliphatic carbocycles. The molecule has 0 bridgehead atoms. The van der Waals surface area contributed by atoms with E-state index in [1.165, 1.54) is 14.0 Å². The topological polar surface area (TPSA) is 81.7 Å². The summed E-state index contributed by atoms with van der Waals surface area (Å²) >= 11 is 1.16. The van der Waals surface area contributed by atoms with Gasteiger partial charge in [0.1, 0.15) is 11.8 Å². The molecule has 2 aromatic carbocycles. The van der Waals surface area contributed by atoms with E-state index in [0.717, 1.165) is 33.8 Å². The van der Waals surface area contributed by atoms with Crippen molar-refractivity contribution in [1.29, 1.82) is 0 Å². The molecular weight excluding hydrogens is 378 g/mol. The lowest BCUT2D eigenvalue weighted by Crippen LogP contribution is -2.40. The van der Waals surface area contributed by atoms with E-state index in [2.05, 4.69) is 10.1 Å². The highest BCUT2D eigenvalue weighted by molar-refractivity contribution is 8.13. The molecule has 2 atom stereocenters. The largest absolute Gasteiger partial charge is 0.497 e. The Labute approximate surface area is 169 Å². The van der Waals surface area contributed by atoms with Gasteiger partial charge < -0.3 is 14.8 Å². The summed E-state index contributed by atoms with van der Waals surface area (Å²) in [4.78, 5) is 35.5. The third-order valence-electron chi connectivity index (χ3n) is 4.44. The predicted octanol–water partition coefficient (Wildman–Crippen LogP) is 3.28. The minimum Gasteiger partial charge on any atom is -0.497 e. The van der Waals surface area contributed by atoms with E-state index in [0.29, 0.717) is 12.2 Å². The molecular formula is C21H25NO5S. The minimum atomic E-state index is -0.742. The van der Waals surface area contributed by atoms with Crippen LogP contribution in [0.15, 0.2) is 36.4 Å². The summed E-state index contributed by atoms with van der Waals surface area (Å²) < 4.78 is 9.92. The number of fused-ring (bicyclic) bond motifs is 1. The molecule has 0 spiro atoms. The Morgan fingerprint density at radius 3 is 2.39 bits per heavy atom. The van der Waals surface area contributed by atoms with Crippen molar-refractivity contribution in [2.45, 2.75) is 32.2 Å². The van der Waals surface area contributed by atoms with Crippen molar-refractivity contribution in [1.82, 2.24) is 5.32 Å². The molecule has 0 aliphatic heterocycles. The van der Waals surface area contributed by atoms with Crippen molar-refractivity contribution in [2.75, 3.05) is 20.0 Å².